The summed E-state index contributed by atoms with van der Waals surface area (Å²) in [5, 5.41) is 12.0. The predicted octanol–water partition coefficient (Wildman–Crippen LogP) is 3.22. The Morgan fingerprint density at radius 3 is 2.35 bits per heavy atom. The zero-order valence-corrected chi connectivity index (χ0v) is 11.5. The molecule has 1 aliphatic heterocycles. The van der Waals surface area contributed by atoms with Gasteiger partial charge in [0.05, 0.1) is 18.8 Å². The lowest BCUT2D eigenvalue weighted by Gasteiger charge is -2.15. The number of carbonyl (C=O) groups is 1. The molecule has 2 heterocycles. The summed E-state index contributed by atoms with van der Waals surface area (Å²) in [6, 6.07) is 2.87. The molecule has 0 atom stereocenters. The summed E-state index contributed by atoms with van der Waals surface area (Å²) in [5.74, 6) is -1.59. The first-order valence-electron chi connectivity index (χ1n) is 6.57. The zero-order valence-electron chi connectivity index (χ0n) is 11.5. The molecule has 1 aliphatic rings. The average molecular weight is 329 g/mol. The van der Waals surface area contributed by atoms with Crippen molar-refractivity contribution in [2.45, 2.75) is 12.6 Å². The van der Waals surface area contributed by atoms with E-state index in [0.717, 1.165) is 18.2 Å². The number of aromatic carboxylic acids is 1. The van der Waals surface area contributed by atoms with E-state index in [0.29, 0.717) is 13.0 Å². The van der Waals surface area contributed by atoms with Gasteiger partial charge in [0.15, 0.2) is 23.0 Å². The van der Waals surface area contributed by atoms with E-state index in [-0.39, 0.29) is 29.4 Å². The molecule has 6 nitrogen and oxygen atoms in total. The van der Waals surface area contributed by atoms with E-state index in [4.69, 9.17) is 19.1 Å². The number of halogens is 3. The monoisotopic (exact) mass is 329 g/mol. The van der Waals surface area contributed by atoms with E-state index < -0.39 is 23.4 Å². The second-order valence-corrected chi connectivity index (χ2v) is 4.77. The van der Waals surface area contributed by atoms with Crippen LogP contribution < -0.4 is 9.47 Å². The highest BCUT2D eigenvalue weighted by atomic mass is 19.4. The van der Waals surface area contributed by atoms with Gasteiger partial charge in [-0.1, -0.05) is 5.16 Å². The minimum Gasteiger partial charge on any atom is -0.490 e. The Hall–Kier alpha value is -2.71. The summed E-state index contributed by atoms with van der Waals surface area (Å²) in [7, 11) is 0. The summed E-state index contributed by atoms with van der Waals surface area (Å²) in [5.41, 5.74) is -1.86. The van der Waals surface area contributed by atoms with Gasteiger partial charge in [0.25, 0.3) is 0 Å². The number of benzene rings is 1. The molecule has 0 saturated carbocycles. The highest BCUT2D eigenvalue weighted by Crippen LogP contribution is 2.44. The van der Waals surface area contributed by atoms with E-state index in [1.165, 1.54) is 0 Å². The van der Waals surface area contributed by atoms with Gasteiger partial charge in [-0.25, -0.2) is 4.79 Å². The molecular formula is C14H10F3NO5. The highest BCUT2D eigenvalue weighted by molar-refractivity contribution is 5.86. The number of rotatable bonds is 2. The highest BCUT2D eigenvalue weighted by Gasteiger charge is 2.37. The van der Waals surface area contributed by atoms with E-state index in [1.807, 2.05) is 0 Å². The fraction of sp³-hybridized carbons (Fsp3) is 0.286. The molecule has 0 amide bonds. The molecule has 1 N–H and O–H groups in total. The minimum absolute atomic E-state index is 0.0171. The quantitative estimate of drug-likeness (QED) is 0.911. The molecule has 0 radical (unpaired) electrons. The van der Waals surface area contributed by atoms with Gasteiger partial charge in [-0.05, 0) is 12.1 Å². The van der Waals surface area contributed by atoms with Crippen LogP contribution in [0.25, 0.3) is 11.3 Å². The first-order valence-corrected chi connectivity index (χ1v) is 6.57. The Labute approximate surface area is 127 Å². The van der Waals surface area contributed by atoms with Gasteiger partial charge < -0.3 is 19.1 Å². The van der Waals surface area contributed by atoms with Gasteiger partial charge in [-0.15, -0.1) is 0 Å². The predicted molar refractivity (Wildman–Crippen MR) is 69.5 cm³/mol. The molecule has 0 aliphatic carbocycles. The van der Waals surface area contributed by atoms with Gasteiger partial charge in [0, 0.05) is 18.1 Å². The average Bonchev–Trinajstić information content (AvgIpc) is 2.85. The van der Waals surface area contributed by atoms with Crippen LogP contribution in [0.1, 0.15) is 22.5 Å². The summed E-state index contributed by atoms with van der Waals surface area (Å²) < 4.78 is 55.2. The van der Waals surface area contributed by atoms with Crippen LogP contribution in [0.4, 0.5) is 13.2 Å². The van der Waals surface area contributed by atoms with Gasteiger partial charge in [0.1, 0.15) is 0 Å². The van der Waals surface area contributed by atoms with Crippen molar-refractivity contribution in [1.29, 1.82) is 0 Å². The molecule has 1 aromatic heterocycles. The second-order valence-electron chi connectivity index (χ2n) is 4.77. The molecule has 0 saturated heterocycles. The van der Waals surface area contributed by atoms with Crippen LogP contribution in [0.5, 0.6) is 11.5 Å². The lowest BCUT2D eigenvalue weighted by molar-refractivity contribution is -0.137. The maximum Gasteiger partial charge on any atom is 0.417 e. The minimum atomic E-state index is -4.68. The number of fused-ring (bicyclic) bond motifs is 1. The topological polar surface area (TPSA) is 81.8 Å². The first kappa shape index (κ1) is 15.2. The van der Waals surface area contributed by atoms with Crippen LogP contribution in [0.3, 0.4) is 0 Å². The van der Waals surface area contributed by atoms with Crippen molar-refractivity contribution in [1.82, 2.24) is 5.16 Å². The lowest BCUT2D eigenvalue weighted by Crippen LogP contribution is -2.08. The summed E-state index contributed by atoms with van der Waals surface area (Å²) >= 11 is 0. The second kappa shape index (κ2) is 5.49. The molecular weight excluding hydrogens is 319 g/mol. The van der Waals surface area contributed by atoms with Crippen molar-refractivity contribution in [3.05, 3.63) is 29.5 Å². The Bertz CT molecular complexity index is 753. The Morgan fingerprint density at radius 2 is 1.78 bits per heavy atom. The number of carboxylic acids is 1. The largest absolute Gasteiger partial charge is 0.490 e. The first-order chi connectivity index (χ1) is 10.9. The van der Waals surface area contributed by atoms with Crippen LogP contribution in [0.2, 0.25) is 0 Å². The summed E-state index contributed by atoms with van der Waals surface area (Å²) in [6.07, 6.45) is -4.15. The van der Waals surface area contributed by atoms with Crippen molar-refractivity contribution in [3.8, 4) is 22.8 Å². The maximum absolute atomic E-state index is 13.3. The third-order valence-electron chi connectivity index (χ3n) is 3.19. The number of aromatic nitrogens is 1. The van der Waals surface area contributed by atoms with Crippen LogP contribution in [0.15, 0.2) is 22.7 Å². The van der Waals surface area contributed by atoms with Crippen LogP contribution in [-0.4, -0.2) is 29.4 Å². The molecule has 3 rings (SSSR count). The SMILES string of the molecule is O=C(O)c1cc(-c2cc3c(cc2C(F)(F)F)OCCCO3)on1. The van der Waals surface area contributed by atoms with Crippen molar-refractivity contribution < 1.29 is 37.1 Å². The number of hydrogen-bond acceptors (Lipinski definition) is 5. The molecule has 1 aromatic carbocycles. The van der Waals surface area contributed by atoms with Crippen molar-refractivity contribution in [2.24, 2.45) is 0 Å². The molecule has 0 unspecified atom stereocenters. The van der Waals surface area contributed by atoms with Crippen molar-refractivity contribution in [2.75, 3.05) is 13.2 Å². The van der Waals surface area contributed by atoms with E-state index in [9.17, 15) is 18.0 Å². The third-order valence-corrected chi connectivity index (χ3v) is 3.19. The molecule has 2 aromatic rings. The van der Waals surface area contributed by atoms with Gasteiger partial charge in [0.2, 0.25) is 0 Å². The smallest absolute Gasteiger partial charge is 0.417 e. The van der Waals surface area contributed by atoms with Gasteiger partial charge in [-0.2, -0.15) is 13.2 Å². The van der Waals surface area contributed by atoms with Crippen molar-refractivity contribution >= 4 is 5.97 Å². The van der Waals surface area contributed by atoms with Gasteiger partial charge >= 0.3 is 12.1 Å². The Kier molecular flexibility index (Phi) is 3.63. The third kappa shape index (κ3) is 2.94. The molecule has 0 spiro atoms. The summed E-state index contributed by atoms with van der Waals surface area (Å²) in [6.45, 7) is 0.545. The van der Waals surface area contributed by atoms with Crippen LogP contribution >= 0.6 is 0 Å². The zero-order chi connectivity index (χ0) is 16.6. The van der Waals surface area contributed by atoms with Crippen LogP contribution in [0, 0.1) is 0 Å². The standard InChI is InChI=1S/C14H10F3NO5/c15-14(16,17)8-5-12-11(21-2-1-3-22-12)4-7(8)10-6-9(13(19)20)18-23-10/h4-6H,1-3H2,(H,19,20). The molecule has 23 heavy (non-hydrogen) atoms. The maximum atomic E-state index is 13.3. The number of ether oxygens (including phenoxy) is 2. The summed E-state index contributed by atoms with van der Waals surface area (Å²) in [4.78, 5) is 10.8. The number of nitrogens with zero attached hydrogens (tertiary/aromatic N) is 1. The lowest BCUT2D eigenvalue weighted by atomic mass is 10.0. The molecule has 0 fully saturated rings. The number of alkyl halides is 3. The van der Waals surface area contributed by atoms with Crippen LogP contribution in [-0.2, 0) is 6.18 Å². The Balaban J connectivity index is 2.16. The van der Waals surface area contributed by atoms with Gasteiger partial charge in [-0.3, -0.25) is 0 Å². The van der Waals surface area contributed by atoms with E-state index >= 15 is 0 Å². The van der Waals surface area contributed by atoms with E-state index in [2.05, 4.69) is 5.16 Å². The molecule has 9 heteroatoms. The van der Waals surface area contributed by atoms with E-state index in [1.54, 1.807) is 0 Å². The normalized spacial score (nSPS) is 14.4. The number of hydrogen-bond donors (Lipinski definition) is 1. The van der Waals surface area contributed by atoms with Crippen molar-refractivity contribution in [3.63, 3.8) is 0 Å². The Morgan fingerprint density at radius 1 is 1.13 bits per heavy atom. The molecule has 0 bridgehead atoms. The fourth-order valence-corrected chi connectivity index (χ4v) is 2.15. The fourth-order valence-electron chi connectivity index (χ4n) is 2.15. The molecule has 122 valence electrons. The number of carboxylic acid groups (broad SMARTS) is 1.